The molecule has 1 heterocycles. The van der Waals surface area contributed by atoms with Crippen LogP contribution in [-0.2, 0) is 56.4 Å². The van der Waals surface area contributed by atoms with Crippen molar-refractivity contribution in [1.29, 1.82) is 0 Å². The van der Waals surface area contributed by atoms with Crippen LogP contribution in [0.5, 0.6) is 0 Å². The number of aliphatic hydroxyl groups excluding tert-OH is 1. The standard InChI is InChI=1S/C25H42NO14PS/c1-14(28)36-13-20-25(38-16(3)30)19(37-15(2)29)11-22(39-20)35-9-7-6-8-21(42)26-18-10-17(12-27)23(24(18)33-4)40-41(31,32)34-5/h17-20,22-25,27H,6-13H2,1-5H3,(H,26,42)(H,31,32)/t17?,18-,19?,20?,22?,23?,24?,25?/m0/s1. The molecule has 0 aromatic carbocycles. The van der Waals surface area contributed by atoms with Gasteiger partial charge in [0.25, 0.3) is 0 Å². The summed E-state index contributed by atoms with van der Waals surface area (Å²) in [5, 5.41) is 13.0. The van der Waals surface area contributed by atoms with Crippen molar-refractivity contribution in [2.75, 3.05) is 34.0 Å². The number of carbonyl (C=O) groups excluding carboxylic acids is 3. The number of thiocarbonyl (C=S) groups is 1. The van der Waals surface area contributed by atoms with Crippen molar-refractivity contribution in [3.8, 4) is 0 Å². The first-order chi connectivity index (χ1) is 19.8. The van der Waals surface area contributed by atoms with Gasteiger partial charge in [-0.15, -0.1) is 0 Å². The van der Waals surface area contributed by atoms with Crippen LogP contribution in [0.15, 0.2) is 0 Å². The molecule has 9 atom stereocenters. The fourth-order valence-corrected chi connectivity index (χ4v) is 5.92. The van der Waals surface area contributed by atoms with E-state index < -0.39 is 68.5 Å². The van der Waals surface area contributed by atoms with Crippen LogP contribution in [-0.4, -0.2) is 110 Å². The molecule has 1 aliphatic carbocycles. The smallest absolute Gasteiger partial charge is 0.463 e. The number of ether oxygens (including phenoxy) is 6. The van der Waals surface area contributed by atoms with Crippen molar-refractivity contribution in [3.05, 3.63) is 0 Å². The number of esters is 3. The molecule has 1 saturated carbocycles. The number of methoxy groups -OCH3 is 1. The van der Waals surface area contributed by atoms with E-state index in [2.05, 4.69) is 9.84 Å². The van der Waals surface area contributed by atoms with E-state index in [-0.39, 0.29) is 32.3 Å². The predicted octanol–water partition coefficient (Wildman–Crippen LogP) is 1.16. The molecule has 15 nitrogen and oxygen atoms in total. The lowest BCUT2D eigenvalue weighted by molar-refractivity contribution is -0.266. The molecule has 0 bridgehead atoms. The number of rotatable bonds is 16. The minimum atomic E-state index is -4.30. The lowest BCUT2D eigenvalue weighted by Crippen LogP contribution is -2.54. The van der Waals surface area contributed by atoms with Gasteiger partial charge in [0.1, 0.15) is 31.0 Å². The molecule has 0 aromatic heterocycles. The summed E-state index contributed by atoms with van der Waals surface area (Å²) in [7, 11) is -1.80. The summed E-state index contributed by atoms with van der Waals surface area (Å²) in [6.45, 7) is 3.45. The number of nitrogens with one attached hydrogen (secondary N) is 1. The maximum absolute atomic E-state index is 12.0. The lowest BCUT2D eigenvalue weighted by Gasteiger charge is -2.39. The molecule has 1 aliphatic heterocycles. The van der Waals surface area contributed by atoms with Crippen LogP contribution < -0.4 is 5.32 Å². The molecule has 17 heteroatoms. The third kappa shape index (κ3) is 11.7. The summed E-state index contributed by atoms with van der Waals surface area (Å²) in [6, 6.07) is -0.356. The Hall–Kier alpha value is -1.75. The largest absolute Gasteiger partial charge is 0.472 e. The molecule has 2 aliphatic rings. The number of unbranched alkanes of at least 4 members (excludes halogenated alkanes) is 1. The Labute approximate surface area is 250 Å². The Balaban J connectivity index is 1.87. The van der Waals surface area contributed by atoms with Gasteiger partial charge in [-0.05, 0) is 25.7 Å². The molecule has 2 fully saturated rings. The van der Waals surface area contributed by atoms with Crippen LogP contribution in [0, 0.1) is 5.92 Å². The summed E-state index contributed by atoms with van der Waals surface area (Å²) in [5.41, 5.74) is 0. The van der Waals surface area contributed by atoms with Gasteiger partial charge in [-0.1, -0.05) is 12.2 Å². The molecular formula is C25H42NO14PS. The Morgan fingerprint density at radius 3 is 2.26 bits per heavy atom. The fraction of sp³-hybridized carbons (Fsp3) is 0.840. The van der Waals surface area contributed by atoms with Gasteiger partial charge in [-0.3, -0.25) is 23.4 Å². The second-order valence-corrected chi connectivity index (χ2v) is 12.0. The van der Waals surface area contributed by atoms with Crippen LogP contribution in [0.2, 0.25) is 0 Å². The average Bonchev–Trinajstić information content (AvgIpc) is 3.22. The molecule has 1 saturated heterocycles. The first-order valence-corrected chi connectivity index (χ1v) is 15.4. The van der Waals surface area contributed by atoms with E-state index in [1.54, 1.807) is 0 Å². The highest BCUT2D eigenvalue weighted by molar-refractivity contribution is 7.80. The number of phosphoric ester groups is 1. The zero-order valence-electron chi connectivity index (χ0n) is 24.4. The summed E-state index contributed by atoms with van der Waals surface area (Å²) >= 11 is 5.48. The van der Waals surface area contributed by atoms with E-state index in [1.807, 2.05) is 0 Å². The van der Waals surface area contributed by atoms with Crippen LogP contribution in [0.3, 0.4) is 0 Å². The van der Waals surface area contributed by atoms with Gasteiger partial charge in [0.05, 0.1) is 11.0 Å². The van der Waals surface area contributed by atoms with Crippen molar-refractivity contribution < 1.29 is 66.4 Å². The summed E-state index contributed by atoms with van der Waals surface area (Å²) in [4.78, 5) is 44.9. The normalized spacial score (nSPS) is 30.6. The Morgan fingerprint density at radius 1 is 1.00 bits per heavy atom. The third-order valence-electron chi connectivity index (χ3n) is 6.74. The average molecular weight is 644 g/mol. The van der Waals surface area contributed by atoms with Crippen LogP contribution >= 0.6 is 20.0 Å². The Morgan fingerprint density at radius 2 is 1.69 bits per heavy atom. The minimum absolute atomic E-state index is 0.104. The first kappa shape index (κ1) is 36.4. The van der Waals surface area contributed by atoms with Gasteiger partial charge in [-0.25, -0.2) is 4.57 Å². The topological polar surface area (TPSA) is 195 Å². The summed E-state index contributed by atoms with van der Waals surface area (Å²) in [6.07, 6.45) is -2.84. The zero-order valence-corrected chi connectivity index (χ0v) is 26.1. The van der Waals surface area contributed by atoms with Crippen molar-refractivity contribution in [1.82, 2.24) is 5.32 Å². The van der Waals surface area contributed by atoms with Crippen LogP contribution in [0.4, 0.5) is 0 Å². The maximum Gasteiger partial charge on any atom is 0.472 e. The molecule has 0 amide bonds. The van der Waals surface area contributed by atoms with Gasteiger partial charge in [0, 0.05) is 60.5 Å². The van der Waals surface area contributed by atoms with E-state index >= 15 is 0 Å². The molecule has 3 N–H and O–H groups in total. The van der Waals surface area contributed by atoms with Crippen molar-refractivity contribution in [2.24, 2.45) is 5.92 Å². The summed E-state index contributed by atoms with van der Waals surface area (Å²) < 4.78 is 54.7. The fourth-order valence-electron chi connectivity index (χ4n) is 4.94. The quantitative estimate of drug-likeness (QED) is 0.0712. The highest BCUT2D eigenvalue weighted by Gasteiger charge is 2.48. The first-order valence-electron chi connectivity index (χ1n) is 13.5. The number of carbonyl (C=O) groups is 3. The van der Waals surface area contributed by atoms with E-state index in [0.717, 1.165) is 7.11 Å². The number of hydrogen-bond donors (Lipinski definition) is 3. The molecule has 0 spiro atoms. The maximum atomic E-state index is 12.0. The Kier molecular flexibility index (Phi) is 15.2. The number of aliphatic hydroxyl groups is 1. The highest BCUT2D eigenvalue weighted by atomic mass is 32.1. The number of phosphoric acid groups is 1. The van der Waals surface area contributed by atoms with E-state index in [1.165, 1.54) is 27.9 Å². The molecule has 8 unspecified atom stereocenters. The number of hydrogen-bond acceptors (Lipinski definition) is 14. The minimum Gasteiger partial charge on any atom is -0.463 e. The predicted molar refractivity (Wildman–Crippen MR) is 148 cm³/mol. The second kappa shape index (κ2) is 17.5. The SMILES string of the molecule is COC1C(OP(=O)(O)OC)C(CO)C[C@@H]1NC(=S)CCCCOC1CC(OC(C)=O)C(OC(C)=O)C(COC(C)=O)O1. The van der Waals surface area contributed by atoms with Gasteiger partial charge in [0.15, 0.2) is 12.4 Å². The molecule has 242 valence electrons. The molecule has 42 heavy (non-hydrogen) atoms. The van der Waals surface area contributed by atoms with Crippen LogP contribution in [0.1, 0.15) is 52.9 Å². The highest BCUT2D eigenvalue weighted by Crippen LogP contribution is 2.48. The zero-order chi connectivity index (χ0) is 31.4. The molecule has 0 aromatic rings. The molecular weight excluding hydrogens is 601 g/mol. The Bertz CT molecular complexity index is 969. The summed E-state index contributed by atoms with van der Waals surface area (Å²) in [5.74, 6) is -2.19. The van der Waals surface area contributed by atoms with Crippen molar-refractivity contribution in [3.63, 3.8) is 0 Å². The van der Waals surface area contributed by atoms with E-state index in [9.17, 15) is 28.9 Å². The lowest BCUT2D eigenvalue weighted by atomic mass is 10.0. The third-order valence-corrected chi connectivity index (χ3v) is 8.03. The van der Waals surface area contributed by atoms with E-state index in [4.69, 9.17) is 45.2 Å². The van der Waals surface area contributed by atoms with Gasteiger partial charge in [0.2, 0.25) is 0 Å². The van der Waals surface area contributed by atoms with Crippen LogP contribution in [0.25, 0.3) is 0 Å². The van der Waals surface area contributed by atoms with Gasteiger partial charge < -0.3 is 43.7 Å². The van der Waals surface area contributed by atoms with E-state index in [0.29, 0.717) is 30.7 Å². The monoisotopic (exact) mass is 643 g/mol. The van der Waals surface area contributed by atoms with Crippen molar-refractivity contribution >= 4 is 42.9 Å². The second-order valence-electron chi connectivity index (χ2n) is 9.97. The van der Waals surface area contributed by atoms with Gasteiger partial charge >= 0.3 is 25.7 Å². The molecule has 0 radical (unpaired) electrons. The molecule has 2 rings (SSSR count). The van der Waals surface area contributed by atoms with Crippen molar-refractivity contribution in [2.45, 2.75) is 95.7 Å². The van der Waals surface area contributed by atoms with Gasteiger partial charge in [-0.2, -0.15) is 0 Å².